The van der Waals surface area contributed by atoms with Gasteiger partial charge in [0.05, 0.1) is 6.61 Å². The lowest BCUT2D eigenvalue weighted by Gasteiger charge is -2.25. The maximum atomic E-state index is 8.98. The molecule has 2 rings (SSSR count). The number of nitrogens with one attached hydrogen (secondary N) is 1. The Kier molecular flexibility index (Phi) is 3.39. The first-order chi connectivity index (χ1) is 7.69. The molecule has 0 radical (unpaired) electrons. The van der Waals surface area contributed by atoms with Gasteiger partial charge in [0.1, 0.15) is 0 Å². The molecule has 2 N–H and O–H groups in total. The van der Waals surface area contributed by atoms with E-state index in [1.54, 1.807) is 0 Å². The van der Waals surface area contributed by atoms with Gasteiger partial charge < -0.3 is 10.4 Å². The molecule has 16 heavy (non-hydrogen) atoms. The molecule has 1 aliphatic rings. The predicted molar refractivity (Wildman–Crippen MR) is 63.5 cm³/mol. The normalized spacial score (nSPS) is 17.9. The van der Waals surface area contributed by atoms with Crippen molar-refractivity contribution >= 4 is 5.95 Å². The Morgan fingerprint density at radius 1 is 1.50 bits per heavy atom. The van der Waals surface area contributed by atoms with Crippen molar-refractivity contribution in [1.29, 1.82) is 0 Å². The number of aromatic nitrogens is 2. The van der Waals surface area contributed by atoms with E-state index in [9.17, 15) is 0 Å². The summed E-state index contributed by atoms with van der Waals surface area (Å²) in [5, 5.41) is 12.1. The fourth-order valence-electron chi connectivity index (χ4n) is 1.84. The summed E-state index contributed by atoms with van der Waals surface area (Å²) in [4.78, 5) is 8.84. The van der Waals surface area contributed by atoms with Crippen LogP contribution in [0.1, 0.15) is 43.5 Å². The molecule has 1 aromatic heterocycles. The first-order valence-corrected chi connectivity index (χ1v) is 5.92. The zero-order valence-electron chi connectivity index (χ0n) is 9.90. The molecule has 1 fully saturated rings. The van der Waals surface area contributed by atoms with Crippen molar-refractivity contribution in [3.05, 3.63) is 17.5 Å². The molecule has 0 bridgehead atoms. The molecule has 1 heterocycles. The zero-order chi connectivity index (χ0) is 11.5. The van der Waals surface area contributed by atoms with Crippen LogP contribution in [0.4, 0.5) is 5.95 Å². The van der Waals surface area contributed by atoms with E-state index < -0.39 is 0 Å². The first-order valence-electron chi connectivity index (χ1n) is 5.92. The lowest BCUT2D eigenvalue weighted by molar-refractivity contribution is 0.281. The maximum absolute atomic E-state index is 8.98. The van der Waals surface area contributed by atoms with Crippen molar-refractivity contribution in [1.82, 2.24) is 9.97 Å². The number of hydrogen-bond acceptors (Lipinski definition) is 4. The van der Waals surface area contributed by atoms with Crippen LogP contribution in [0.3, 0.4) is 0 Å². The highest BCUT2D eigenvalue weighted by Gasteiger charge is 2.21. The number of rotatable bonds is 4. The van der Waals surface area contributed by atoms with Gasteiger partial charge in [-0.3, -0.25) is 0 Å². The van der Waals surface area contributed by atoms with Crippen molar-refractivity contribution in [3.63, 3.8) is 0 Å². The topological polar surface area (TPSA) is 58.0 Å². The number of hydrogen-bond donors (Lipinski definition) is 2. The molecular formula is C12H19N3O. The lowest BCUT2D eigenvalue weighted by atomic mass is 9.83. The zero-order valence-corrected chi connectivity index (χ0v) is 9.90. The lowest BCUT2D eigenvalue weighted by Crippen LogP contribution is -2.22. The summed E-state index contributed by atoms with van der Waals surface area (Å²) in [5.41, 5.74) is 2.14. The SMILES string of the molecule is Cc1cc(C2CCC2)nc(NC(C)CO)n1. The van der Waals surface area contributed by atoms with Gasteiger partial charge in [-0.25, -0.2) is 9.97 Å². The van der Waals surface area contributed by atoms with Gasteiger partial charge in [0.2, 0.25) is 5.95 Å². The van der Waals surface area contributed by atoms with Crippen molar-refractivity contribution in [2.45, 2.75) is 45.1 Å². The minimum Gasteiger partial charge on any atom is -0.394 e. The summed E-state index contributed by atoms with van der Waals surface area (Å²) >= 11 is 0. The van der Waals surface area contributed by atoms with Crippen LogP contribution in [0.2, 0.25) is 0 Å². The highest BCUT2D eigenvalue weighted by molar-refractivity contribution is 5.30. The summed E-state index contributed by atoms with van der Waals surface area (Å²) in [5.74, 6) is 1.26. The molecule has 1 unspecified atom stereocenters. The third kappa shape index (κ3) is 2.50. The van der Waals surface area contributed by atoms with Crippen LogP contribution in [-0.4, -0.2) is 27.7 Å². The second-order valence-corrected chi connectivity index (χ2v) is 4.61. The van der Waals surface area contributed by atoms with Crippen LogP contribution in [0.25, 0.3) is 0 Å². The number of nitrogens with zero attached hydrogens (tertiary/aromatic N) is 2. The van der Waals surface area contributed by atoms with Gasteiger partial charge in [-0.1, -0.05) is 6.42 Å². The first kappa shape index (κ1) is 11.3. The van der Waals surface area contributed by atoms with Gasteiger partial charge in [-0.15, -0.1) is 0 Å². The predicted octanol–water partition coefficient (Wildman–Crippen LogP) is 1.85. The molecular weight excluding hydrogens is 202 g/mol. The quantitative estimate of drug-likeness (QED) is 0.814. The molecule has 1 aliphatic carbocycles. The van der Waals surface area contributed by atoms with E-state index in [0.29, 0.717) is 11.9 Å². The van der Waals surface area contributed by atoms with E-state index in [1.807, 2.05) is 13.8 Å². The van der Waals surface area contributed by atoms with Crippen molar-refractivity contribution in [3.8, 4) is 0 Å². The molecule has 88 valence electrons. The van der Waals surface area contributed by atoms with E-state index >= 15 is 0 Å². The van der Waals surface area contributed by atoms with Crippen molar-refractivity contribution < 1.29 is 5.11 Å². The molecule has 0 amide bonds. The van der Waals surface area contributed by atoms with Crippen LogP contribution < -0.4 is 5.32 Å². The van der Waals surface area contributed by atoms with Crippen molar-refractivity contribution in [2.75, 3.05) is 11.9 Å². The average Bonchev–Trinajstić information content (AvgIpc) is 2.13. The van der Waals surface area contributed by atoms with Crippen LogP contribution >= 0.6 is 0 Å². The summed E-state index contributed by atoms with van der Waals surface area (Å²) < 4.78 is 0. The van der Waals surface area contributed by atoms with E-state index in [4.69, 9.17) is 5.11 Å². The summed E-state index contributed by atoms with van der Waals surface area (Å²) in [6, 6.07) is 2.06. The molecule has 1 saturated carbocycles. The smallest absolute Gasteiger partial charge is 0.223 e. The number of aliphatic hydroxyl groups excluding tert-OH is 1. The third-order valence-corrected chi connectivity index (χ3v) is 3.05. The molecule has 1 aromatic rings. The Morgan fingerprint density at radius 2 is 2.25 bits per heavy atom. The Balaban J connectivity index is 2.14. The van der Waals surface area contributed by atoms with Crippen LogP contribution in [0.5, 0.6) is 0 Å². The molecule has 0 aromatic carbocycles. The molecule has 4 heteroatoms. The minimum absolute atomic E-state index is 0.00367. The molecule has 0 aliphatic heterocycles. The minimum atomic E-state index is -0.00367. The largest absolute Gasteiger partial charge is 0.394 e. The van der Waals surface area contributed by atoms with Crippen LogP contribution in [-0.2, 0) is 0 Å². The average molecular weight is 221 g/mol. The van der Waals surface area contributed by atoms with Gasteiger partial charge in [0.15, 0.2) is 0 Å². The second kappa shape index (κ2) is 4.78. The monoisotopic (exact) mass is 221 g/mol. The Bertz CT molecular complexity index is 363. The van der Waals surface area contributed by atoms with Crippen molar-refractivity contribution in [2.24, 2.45) is 0 Å². The highest BCUT2D eigenvalue weighted by atomic mass is 16.3. The maximum Gasteiger partial charge on any atom is 0.223 e. The van der Waals surface area contributed by atoms with Gasteiger partial charge in [0, 0.05) is 23.3 Å². The number of aliphatic hydroxyl groups is 1. The van der Waals surface area contributed by atoms with Crippen LogP contribution in [0, 0.1) is 6.92 Å². The van der Waals surface area contributed by atoms with E-state index in [1.165, 1.54) is 19.3 Å². The summed E-state index contributed by atoms with van der Waals surface area (Å²) in [6.07, 6.45) is 3.79. The highest BCUT2D eigenvalue weighted by Crippen LogP contribution is 2.35. The van der Waals surface area contributed by atoms with E-state index in [2.05, 4.69) is 21.4 Å². The standard InChI is InChI=1S/C12H19N3O/c1-8-6-11(10-4-3-5-10)15-12(13-8)14-9(2)7-16/h6,9-10,16H,3-5,7H2,1-2H3,(H,13,14,15). The number of anilines is 1. The van der Waals surface area contributed by atoms with E-state index in [0.717, 1.165) is 11.4 Å². The van der Waals surface area contributed by atoms with E-state index in [-0.39, 0.29) is 12.6 Å². The molecule has 0 spiro atoms. The fourth-order valence-corrected chi connectivity index (χ4v) is 1.84. The van der Waals surface area contributed by atoms with Gasteiger partial charge in [0.25, 0.3) is 0 Å². The van der Waals surface area contributed by atoms with Gasteiger partial charge >= 0.3 is 0 Å². The van der Waals surface area contributed by atoms with Crippen LogP contribution in [0.15, 0.2) is 6.07 Å². The Hall–Kier alpha value is -1.16. The van der Waals surface area contributed by atoms with Gasteiger partial charge in [-0.05, 0) is 32.8 Å². The number of aryl methyl sites for hydroxylation is 1. The second-order valence-electron chi connectivity index (χ2n) is 4.61. The Labute approximate surface area is 96.1 Å². The summed E-state index contributed by atoms with van der Waals surface area (Å²) in [6.45, 7) is 3.99. The third-order valence-electron chi connectivity index (χ3n) is 3.05. The molecule has 0 saturated heterocycles. The molecule has 4 nitrogen and oxygen atoms in total. The molecule has 1 atom stereocenters. The summed E-state index contributed by atoms with van der Waals surface area (Å²) in [7, 11) is 0. The van der Waals surface area contributed by atoms with Gasteiger partial charge in [-0.2, -0.15) is 0 Å². The fraction of sp³-hybridized carbons (Fsp3) is 0.667. The Morgan fingerprint density at radius 3 is 2.81 bits per heavy atom.